The lowest BCUT2D eigenvalue weighted by atomic mass is 10.1. The second-order valence-electron chi connectivity index (χ2n) is 13.1. The zero-order chi connectivity index (χ0) is 34.8. The first kappa shape index (κ1) is 37.6. The molecule has 0 aromatic carbocycles. The van der Waals surface area contributed by atoms with Gasteiger partial charge in [0.1, 0.15) is 18.3 Å². The van der Waals surface area contributed by atoms with Gasteiger partial charge in [-0.1, -0.05) is 55.4 Å². The maximum Gasteiger partial charge on any atom is 0.338 e. The Morgan fingerprint density at radius 3 is 1.87 bits per heavy atom. The summed E-state index contributed by atoms with van der Waals surface area (Å²) in [7, 11) is -6.13. The first-order valence-corrected chi connectivity index (χ1v) is 20.3. The Bertz CT molecular complexity index is 1320. The molecular formula is C30H50N2O13Si2. The van der Waals surface area contributed by atoms with Gasteiger partial charge in [0.2, 0.25) is 0 Å². The number of carbonyl (C=O) groups is 2. The fourth-order valence-electron chi connectivity index (χ4n) is 6.53. The third kappa shape index (κ3) is 7.37. The number of hydrogen-bond donors (Lipinski definition) is 1. The fraction of sp³-hybridized carbons (Fsp3) is 0.800. The number of hydrogen-bond acceptors (Lipinski definition) is 13. The highest BCUT2D eigenvalue weighted by Gasteiger charge is 2.63. The Kier molecular flexibility index (Phi) is 12.1. The van der Waals surface area contributed by atoms with Crippen molar-refractivity contribution in [2.24, 2.45) is 0 Å². The van der Waals surface area contributed by atoms with Gasteiger partial charge in [0.15, 0.2) is 18.4 Å². The molecule has 1 aromatic heterocycles. The molecule has 0 radical (unpaired) electrons. The van der Waals surface area contributed by atoms with Crippen molar-refractivity contribution in [1.29, 1.82) is 0 Å². The van der Waals surface area contributed by atoms with Gasteiger partial charge >= 0.3 is 34.8 Å². The van der Waals surface area contributed by atoms with E-state index in [1.807, 2.05) is 0 Å². The summed E-state index contributed by atoms with van der Waals surface area (Å²) in [6.45, 7) is 18.5. The van der Waals surface area contributed by atoms with Crippen LogP contribution in [0.25, 0.3) is 0 Å². The summed E-state index contributed by atoms with van der Waals surface area (Å²) in [6.07, 6.45) is -5.55. The van der Waals surface area contributed by atoms with Crippen LogP contribution in [0.15, 0.2) is 21.9 Å². The van der Waals surface area contributed by atoms with E-state index in [0.717, 1.165) is 0 Å². The first-order chi connectivity index (χ1) is 22.1. The lowest BCUT2D eigenvalue weighted by Gasteiger charge is -2.51. The van der Waals surface area contributed by atoms with Gasteiger partial charge in [-0.2, -0.15) is 0 Å². The molecule has 3 fully saturated rings. The van der Waals surface area contributed by atoms with Crippen molar-refractivity contribution in [3.05, 3.63) is 33.1 Å². The summed E-state index contributed by atoms with van der Waals surface area (Å²) in [6, 6.07) is 1.19. The second kappa shape index (κ2) is 15.1. The van der Waals surface area contributed by atoms with E-state index >= 15 is 0 Å². The normalized spacial score (nSPS) is 29.2. The number of H-pyrrole nitrogens is 1. The minimum atomic E-state index is -3.20. The maximum atomic E-state index is 13.1. The molecule has 1 aromatic rings. The van der Waals surface area contributed by atoms with E-state index in [-0.39, 0.29) is 42.0 Å². The highest BCUT2D eigenvalue weighted by Crippen LogP contribution is 2.49. The summed E-state index contributed by atoms with van der Waals surface area (Å²) >= 11 is 0. The number of nitrogens with one attached hydrogen (secondary N) is 1. The van der Waals surface area contributed by atoms with Gasteiger partial charge in [-0.25, -0.2) is 14.4 Å². The minimum Gasteiger partial charge on any atom is -0.464 e. The van der Waals surface area contributed by atoms with Crippen LogP contribution in [0.5, 0.6) is 0 Å². The molecule has 0 bridgehead atoms. The number of nitrogens with zero attached hydrogens (tertiary/aromatic N) is 1. The molecule has 15 nitrogen and oxygen atoms in total. The number of aromatic nitrogens is 2. The van der Waals surface area contributed by atoms with Gasteiger partial charge in [0.05, 0.1) is 19.8 Å². The van der Waals surface area contributed by atoms with Crippen LogP contribution in [0.3, 0.4) is 0 Å². The molecule has 0 saturated carbocycles. The highest BCUT2D eigenvalue weighted by molar-refractivity contribution is 6.84. The monoisotopic (exact) mass is 702 g/mol. The number of fused-ring (bicyclic) bond motifs is 1. The highest BCUT2D eigenvalue weighted by atomic mass is 28.5. The van der Waals surface area contributed by atoms with Crippen LogP contribution < -0.4 is 11.2 Å². The Balaban J connectivity index is 1.80. The number of rotatable bonds is 11. The number of esters is 2. The molecule has 266 valence electrons. The van der Waals surface area contributed by atoms with Crippen LogP contribution in [-0.2, 0) is 51.0 Å². The standard InChI is InChI=1S/C30H50N2O13Si2/c1-11-37-27(34)24-25(28(35)38-12-2)43-30(42-24)41-23-22-20(40-26(23)32-14-13-21(33)31-29(32)36)15-39-46(16(3)4,17(5)6)45-47(44-22,18(7)8)19(9)10/h13-14,16-20,22-26,30H,11-12,15H2,1-10H3,(H,31,33,36)/t20-,22-,23-,24+,25+,26-/m0/s1. The SMILES string of the molecule is CCOC(=O)[C@@H]1OC(O[C@H]2[C@H]3O[Si](C(C)C)(C(C)C)O[Si](C(C)C)(C(C)C)OC[C@@H]3O[C@@H]2n2ccc(=O)[nH]c2=O)O[C@H]1C(=O)OCC. The van der Waals surface area contributed by atoms with Crippen LogP contribution >= 0.6 is 0 Å². The van der Waals surface area contributed by atoms with E-state index in [4.69, 9.17) is 41.4 Å². The molecule has 17 heteroatoms. The molecule has 47 heavy (non-hydrogen) atoms. The smallest absolute Gasteiger partial charge is 0.338 e. The lowest BCUT2D eigenvalue weighted by Crippen LogP contribution is -2.66. The van der Waals surface area contributed by atoms with Gasteiger partial charge in [0, 0.05) is 12.3 Å². The predicted octanol–water partition coefficient (Wildman–Crippen LogP) is 2.97. The van der Waals surface area contributed by atoms with Crippen molar-refractivity contribution in [2.75, 3.05) is 19.8 Å². The molecule has 3 saturated heterocycles. The lowest BCUT2D eigenvalue weighted by molar-refractivity contribution is -0.281. The Morgan fingerprint density at radius 1 is 0.872 bits per heavy atom. The molecule has 4 heterocycles. The van der Waals surface area contributed by atoms with Gasteiger partial charge in [-0.3, -0.25) is 14.3 Å². The van der Waals surface area contributed by atoms with Crippen LogP contribution in [-0.4, -0.2) is 95.4 Å². The van der Waals surface area contributed by atoms with Crippen molar-refractivity contribution in [2.45, 2.75) is 135 Å². The molecule has 1 N–H and O–H groups in total. The summed E-state index contributed by atoms with van der Waals surface area (Å²) < 4.78 is 57.2. The number of aromatic amines is 1. The van der Waals surface area contributed by atoms with Crippen LogP contribution in [0, 0.1) is 0 Å². The summed E-state index contributed by atoms with van der Waals surface area (Å²) in [5, 5.41) is 0. The molecule has 4 rings (SSSR count). The average Bonchev–Trinajstić information content (AvgIpc) is 3.54. The van der Waals surface area contributed by atoms with Gasteiger partial charge in [-0.15, -0.1) is 0 Å². The second-order valence-corrected chi connectivity index (χ2v) is 22.0. The number of carbonyl (C=O) groups excluding carboxylic acids is 2. The van der Waals surface area contributed by atoms with E-state index in [9.17, 15) is 19.2 Å². The molecular weight excluding hydrogens is 653 g/mol. The van der Waals surface area contributed by atoms with Gasteiger partial charge < -0.3 is 41.4 Å². The quantitative estimate of drug-likeness (QED) is 0.264. The van der Waals surface area contributed by atoms with E-state index < -0.39 is 83.5 Å². The molecule has 0 amide bonds. The van der Waals surface area contributed by atoms with E-state index in [1.165, 1.54) is 16.8 Å². The zero-order valence-electron chi connectivity index (χ0n) is 28.9. The maximum absolute atomic E-state index is 13.1. The Labute approximate surface area is 276 Å². The van der Waals surface area contributed by atoms with Crippen molar-refractivity contribution in [3.63, 3.8) is 0 Å². The molecule has 3 aliphatic rings. The van der Waals surface area contributed by atoms with Crippen LogP contribution in [0.1, 0.15) is 75.5 Å². The minimum absolute atomic E-state index is 0.0369. The topological polar surface area (TPSA) is 172 Å². The van der Waals surface area contributed by atoms with Crippen molar-refractivity contribution in [3.8, 4) is 0 Å². The zero-order valence-corrected chi connectivity index (χ0v) is 30.9. The van der Waals surface area contributed by atoms with Crippen LogP contribution in [0.4, 0.5) is 0 Å². The van der Waals surface area contributed by atoms with Crippen LogP contribution in [0.2, 0.25) is 22.2 Å². The summed E-state index contributed by atoms with van der Waals surface area (Å²) in [4.78, 5) is 52.9. The van der Waals surface area contributed by atoms with Crippen molar-refractivity contribution >= 4 is 29.1 Å². The largest absolute Gasteiger partial charge is 0.464 e. The molecule has 0 unspecified atom stereocenters. The van der Waals surface area contributed by atoms with Crippen molar-refractivity contribution in [1.82, 2.24) is 9.55 Å². The first-order valence-electron chi connectivity index (χ1n) is 16.4. The predicted molar refractivity (Wildman–Crippen MR) is 171 cm³/mol. The Morgan fingerprint density at radius 2 is 1.40 bits per heavy atom. The van der Waals surface area contributed by atoms with E-state index in [2.05, 4.69) is 60.4 Å². The molecule has 0 aliphatic carbocycles. The van der Waals surface area contributed by atoms with Gasteiger partial charge in [-0.05, 0) is 36.0 Å². The third-order valence-electron chi connectivity index (χ3n) is 8.84. The van der Waals surface area contributed by atoms with E-state index in [0.29, 0.717) is 0 Å². The molecule has 0 spiro atoms. The van der Waals surface area contributed by atoms with E-state index in [1.54, 1.807) is 13.8 Å². The average molecular weight is 703 g/mol. The fourth-order valence-corrected chi connectivity index (χ4v) is 17.7. The molecule has 6 atom stereocenters. The number of ether oxygens (including phenoxy) is 6. The summed E-state index contributed by atoms with van der Waals surface area (Å²) in [5.74, 6) is -1.66. The molecule has 3 aliphatic heterocycles. The Hall–Kier alpha value is -2.23. The van der Waals surface area contributed by atoms with Crippen molar-refractivity contribution < 1.29 is 51.0 Å². The third-order valence-corrected chi connectivity index (χ3v) is 19.1. The summed E-state index contributed by atoms with van der Waals surface area (Å²) in [5.41, 5.74) is -1.24. The van der Waals surface area contributed by atoms with Gasteiger partial charge in [0.25, 0.3) is 12.0 Å².